The second-order valence-electron chi connectivity index (χ2n) is 5.25. The summed E-state index contributed by atoms with van der Waals surface area (Å²) in [4.78, 5) is 0. The summed E-state index contributed by atoms with van der Waals surface area (Å²) in [6.45, 7) is 0.354. The first-order valence-corrected chi connectivity index (χ1v) is 4.59. The number of hydrogen-bond acceptors (Lipinski definition) is 1. The number of aliphatic hydroxyl groups excluding tert-OH is 1. The standard InChI is InChI=1S/C9H9FO/c10-9-5-2-6(9)4-7(9)3(5)8(2,4)1-11/h2-7,11H,1H2. The van der Waals surface area contributed by atoms with Crippen LogP contribution in [0.3, 0.4) is 0 Å². The van der Waals surface area contributed by atoms with Crippen molar-refractivity contribution in [2.24, 2.45) is 40.9 Å². The fourth-order valence-electron chi connectivity index (χ4n) is 5.94. The topological polar surface area (TPSA) is 20.2 Å². The van der Waals surface area contributed by atoms with Gasteiger partial charge in [0.15, 0.2) is 0 Å². The van der Waals surface area contributed by atoms with Crippen LogP contribution in [0, 0.1) is 40.9 Å². The van der Waals surface area contributed by atoms with Gasteiger partial charge >= 0.3 is 0 Å². The van der Waals surface area contributed by atoms with Gasteiger partial charge in [-0.3, -0.25) is 0 Å². The van der Waals surface area contributed by atoms with Gasteiger partial charge in [0.2, 0.25) is 0 Å². The van der Waals surface area contributed by atoms with Gasteiger partial charge in [-0.1, -0.05) is 0 Å². The fraction of sp³-hybridized carbons (Fsp3) is 1.00. The van der Waals surface area contributed by atoms with Gasteiger partial charge in [-0.2, -0.15) is 0 Å². The fourth-order valence-corrected chi connectivity index (χ4v) is 5.94. The van der Waals surface area contributed by atoms with Gasteiger partial charge < -0.3 is 5.11 Å². The summed E-state index contributed by atoms with van der Waals surface area (Å²) in [6.07, 6.45) is 0. The smallest absolute Gasteiger partial charge is 0.121 e. The average Bonchev–Trinajstić information content (AvgIpc) is 2.06. The van der Waals surface area contributed by atoms with E-state index in [0.717, 1.165) is 0 Å². The Morgan fingerprint density at radius 1 is 1.00 bits per heavy atom. The van der Waals surface area contributed by atoms with E-state index in [1.807, 2.05) is 0 Å². The van der Waals surface area contributed by atoms with Gasteiger partial charge in [-0.15, -0.1) is 0 Å². The second-order valence-corrected chi connectivity index (χ2v) is 5.25. The molecule has 0 aromatic heterocycles. The number of halogens is 1. The number of hydrogen-bond donors (Lipinski definition) is 1. The molecule has 0 radical (unpaired) electrons. The van der Waals surface area contributed by atoms with E-state index in [2.05, 4.69) is 0 Å². The van der Waals surface area contributed by atoms with E-state index in [4.69, 9.17) is 0 Å². The summed E-state index contributed by atoms with van der Waals surface area (Å²) in [7, 11) is 0. The Bertz CT molecular complexity index is 257. The molecule has 0 unspecified atom stereocenters. The first-order chi connectivity index (χ1) is 5.29. The van der Waals surface area contributed by atoms with Crippen LogP contribution >= 0.6 is 0 Å². The largest absolute Gasteiger partial charge is 0.396 e. The van der Waals surface area contributed by atoms with Crippen molar-refractivity contribution in [3.63, 3.8) is 0 Å². The van der Waals surface area contributed by atoms with E-state index in [1.165, 1.54) is 0 Å². The highest BCUT2D eigenvalue weighted by Gasteiger charge is 3.10. The first-order valence-electron chi connectivity index (χ1n) is 4.59. The maximum absolute atomic E-state index is 13.7. The summed E-state index contributed by atoms with van der Waals surface area (Å²) in [5.74, 6) is 3.19. The molecule has 58 valence electrons. The monoisotopic (exact) mass is 152 g/mol. The molecule has 1 N–H and O–H groups in total. The van der Waals surface area contributed by atoms with Crippen molar-refractivity contribution in [3.8, 4) is 0 Å². The molecule has 0 aromatic carbocycles. The molecule has 6 aliphatic carbocycles. The quantitative estimate of drug-likeness (QED) is 0.578. The molecular weight excluding hydrogens is 143 g/mol. The van der Waals surface area contributed by atoms with Gasteiger partial charge in [-0.05, 0) is 17.8 Å². The van der Waals surface area contributed by atoms with Crippen molar-refractivity contribution in [1.29, 1.82) is 0 Å². The molecule has 6 fully saturated rings. The van der Waals surface area contributed by atoms with Crippen molar-refractivity contribution in [1.82, 2.24) is 0 Å². The molecular formula is C9H9FO. The molecule has 11 heavy (non-hydrogen) atoms. The molecule has 0 heterocycles. The Morgan fingerprint density at radius 3 is 1.82 bits per heavy atom. The van der Waals surface area contributed by atoms with Crippen LogP contribution in [0.15, 0.2) is 0 Å². The van der Waals surface area contributed by atoms with E-state index in [1.54, 1.807) is 0 Å². The lowest BCUT2D eigenvalue weighted by atomic mass is 8.95. The van der Waals surface area contributed by atoms with Crippen LogP contribution in [0.1, 0.15) is 0 Å². The minimum Gasteiger partial charge on any atom is -0.396 e. The number of aliphatic hydroxyl groups is 1. The van der Waals surface area contributed by atoms with Crippen molar-refractivity contribution in [3.05, 3.63) is 0 Å². The molecule has 1 nitrogen and oxygen atoms in total. The molecule has 0 atom stereocenters. The second kappa shape index (κ2) is 0.819. The minimum atomic E-state index is -0.670. The molecule has 0 bridgehead atoms. The molecule has 6 rings (SSSR count). The zero-order chi connectivity index (χ0) is 7.17. The molecule has 0 aromatic rings. The van der Waals surface area contributed by atoms with Crippen LogP contribution in [0.2, 0.25) is 0 Å². The predicted octanol–water partition coefficient (Wildman–Crippen LogP) is 0.439. The lowest BCUT2D eigenvalue weighted by molar-refractivity contribution is -0.650. The van der Waals surface area contributed by atoms with E-state index < -0.39 is 5.67 Å². The summed E-state index contributed by atoms with van der Waals surface area (Å²) in [5, 5.41) is 9.18. The van der Waals surface area contributed by atoms with Crippen molar-refractivity contribution in [2.75, 3.05) is 6.61 Å². The lowest BCUT2D eigenvalue weighted by Crippen LogP contribution is -3.12. The molecule has 0 aliphatic heterocycles. The van der Waals surface area contributed by atoms with Crippen LogP contribution < -0.4 is 0 Å². The molecule has 2 heteroatoms. The summed E-state index contributed by atoms with van der Waals surface area (Å²) < 4.78 is 13.7. The summed E-state index contributed by atoms with van der Waals surface area (Å²) in [5.41, 5.74) is -0.370. The van der Waals surface area contributed by atoms with E-state index >= 15 is 0 Å². The van der Waals surface area contributed by atoms with Gasteiger partial charge in [-0.25, -0.2) is 4.39 Å². The zero-order valence-corrected chi connectivity index (χ0v) is 6.00. The normalized spacial score (nSPS) is 95.5. The molecule has 0 amide bonds. The zero-order valence-electron chi connectivity index (χ0n) is 6.00. The van der Waals surface area contributed by atoms with Crippen molar-refractivity contribution >= 4 is 0 Å². The van der Waals surface area contributed by atoms with E-state index in [9.17, 15) is 9.50 Å². The third-order valence-corrected chi connectivity index (χ3v) is 5.99. The van der Waals surface area contributed by atoms with Gasteiger partial charge in [0.25, 0.3) is 0 Å². The maximum Gasteiger partial charge on any atom is 0.121 e. The highest BCUT2D eigenvalue weighted by Crippen LogP contribution is 3.07. The highest BCUT2D eigenvalue weighted by atomic mass is 19.1. The Balaban J connectivity index is 1.76. The van der Waals surface area contributed by atoms with Crippen LogP contribution in [-0.2, 0) is 0 Å². The third-order valence-electron chi connectivity index (χ3n) is 5.99. The van der Waals surface area contributed by atoms with Crippen molar-refractivity contribution < 1.29 is 9.50 Å². The first kappa shape index (κ1) is 4.80. The molecule has 0 spiro atoms. The van der Waals surface area contributed by atoms with Crippen LogP contribution in [-0.4, -0.2) is 17.4 Å². The van der Waals surface area contributed by atoms with Gasteiger partial charge in [0.05, 0.1) is 0 Å². The van der Waals surface area contributed by atoms with Gasteiger partial charge in [0.1, 0.15) is 5.67 Å². The Kier molecular flexibility index (Phi) is 0.358. The Hall–Kier alpha value is -0.110. The predicted molar refractivity (Wildman–Crippen MR) is 34.3 cm³/mol. The van der Waals surface area contributed by atoms with Crippen LogP contribution in [0.25, 0.3) is 0 Å². The Labute approximate surface area is 63.6 Å². The number of rotatable bonds is 1. The molecule has 0 saturated heterocycles. The molecule has 6 aliphatic rings. The Morgan fingerprint density at radius 2 is 1.45 bits per heavy atom. The van der Waals surface area contributed by atoms with Crippen LogP contribution in [0.5, 0.6) is 0 Å². The minimum absolute atomic E-state index is 0.299. The van der Waals surface area contributed by atoms with Crippen molar-refractivity contribution in [2.45, 2.75) is 5.67 Å². The third kappa shape index (κ3) is 0.156. The summed E-state index contributed by atoms with van der Waals surface area (Å²) >= 11 is 0. The van der Waals surface area contributed by atoms with Gasteiger partial charge in [0, 0.05) is 29.8 Å². The number of alkyl halides is 1. The highest BCUT2D eigenvalue weighted by molar-refractivity contribution is 5.56. The lowest BCUT2D eigenvalue weighted by Gasteiger charge is -3.08. The maximum atomic E-state index is 13.7. The van der Waals surface area contributed by atoms with E-state index in [-0.39, 0.29) is 0 Å². The summed E-state index contributed by atoms with van der Waals surface area (Å²) in [6, 6.07) is 0. The molecule has 6 saturated carbocycles. The van der Waals surface area contributed by atoms with Crippen LogP contribution in [0.4, 0.5) is 4.39 Å². The van der Waals surface area contributed by atoms with E-state index in [0.29, 0.717) is 47.5 Å². The average molecular weight is 152 g/mol. The SMILES string of the molecule is OCC12C3C4C1C1C2C3C41F.